The van der Waals surface area contributed by atoms with Crippen LogP contribution < -0.4 is 9.47 Å². The summed E-state index contributed by atoms with van der Waals surface area (Å²) in [6.45, 7) is 0. The summed E-state index contributed by atoms with van der Waals surface area (Å²) in [7, 11) is 0. The lowest BCUT2D eigenvalue weighted by atomic mass is 10.0. The monoisotopic (exact) mass is 744 g/mol. The lowest BCUT2D eigenvalue weighted by Gasteiger charge is -2.06. The molecule has 0 radical (unpaired) electrons. The zero-order valence-electron chi connectivity index (χ0n) is 30.1. The SMILES string of the molecule is Oc1ccc(-c2ccccc2O)cc1.Oc1ccc(Oc2ccccc2)cc1.Oc1ccccc1-c1ccccc1O.Oc1ccccc1Oc1ccccc1. The number of para-hydroxylation sites is 7. The fourth-order valence-corrected chi connectivity index (χ4v) is 5.06. The van der Waals surface area contributed by atoms with Crippen LogP contribution in [0, 0.1) is 0 Å². The van der Waals surface area contributed by atoms with E-state index in [1.54, 1.807) is 115 Å². The highest BCUT2D eigenvalue weighted by molar-refractivity contribution is 5.75. The third kappa shape index (κ3) is 12.1. The summed E-state index contributed by atoms with van der Waals surface area (Å²) in [5.74, 6) is 3.91. The van der Waals surface area contributed by atoms with Crippen molar-refractivity contribution in [2.75, 3.05) is 0 Å². The first-order valence-corrected chi connectivity index (χ1v) is 17.4. The largest absolute Gasteiger partial charge is 0.508 e. The van der Waals surface area contributed by atoms with Gasteiger partial charge < -0.3 is 40.1 Å². The van der Waals surface area contributed by atoms with Gasteiger partial charge >= 0.3 is 0 Å². The fraction of sp³-hybridized carbons (Fsp3) is 0. The van der Waals surface area contributed by atoms with E-state index in [4.69, 9.17) is 19.7 Å². The first-order valence-electron chi connectivity index (χ1n) is 17.4. The molecule has 0 aromatic heterocycles. The molecule has 0 unspecified atom stereocenters. The highest BCUT2D eigenvalue weighted by Crippen LogP contribution is 2.34. The van der Waals surface area contributed by atoms with Gasteiger partial charge in [-0.25, -0.2) is 0 Å². The molecule has 6 N–H and O–H groups in total. The Balaban J connectivity index is 0.000000143. The van der Waals surface area contributed by atoms with E-state index in [-0.39, 0.29) is 34.5 Å². The number of hydrogen-bond acceptors (Lipinski definition) is 8. The van der Waals surface area contributed by atoms with Crippen LogP contribution in [0.25, 0.3) is 22.3 Å². The Labute approximate surface area is 325 Å². The highest BCUT2D eigenvalue weighted by Gasteiger charge is 2.07. The van der Waals surface area contributed by atoms with Gasteiger partial charge in [-0.3, -0.25) is 0 Å². The molecule has 0 fully saturated rings. The third-order valence-electron chi connectivity index (χ3n) is 7.83. The summed E-state index contributed by atoms with van der Waals surface area (Å²) in [4.78, 5) is 0. The van der Waals surface area contributed by atoms with Gasteiger partial charge in [0.05, 0.1) is 0 Å². The van der Waals surface area contributed by atoms with Gasteiger partial charge in [0.25, 0.3) is 0 Å². The van der Waals surface area contributed by atoms with E-state index < -0.39 is 0 Å². The first kappa shape index (κ1) is 39.4. The quantitative estimate of drug-likeness (QED) is 0.0989. The van der Waals surface area contributed by atoms with Gasteiger partial charge in [-0.15, -0.1) is 0 Å². The molecule has 0 atom stereocenters. The van der Waals surface area contributed by atoms with Crippen LogP contribution in [-0.2, 0) is 0 Å². The van der Waals surface area contributed by atoms with Crippen molar-refractivity contribution in [1.29, 1.82) is 0 Å². The Morgan fingerprint density at radius 3 is 1.04 bits per heavy atom. The standard InChI is InChI=1S/4C12H10O2/c13-11-7-3-1-5-9(11)10-6-2-4-8-12(10)14;13-11-8-4-5-9-12(11)14-10-6-2-1-3-7-10;13-10-7-5-9(6-8-10)11-3-1-2-4-12(11)14;13-10-6-8-12(9-7-10)14-11-4-2-1-3-5-11/h1-8,13-14H;1-9,13H;1-8,13-14H;1-9,13H. The molecule has 0 aliphatic rings. The maximum absolute atomic E-state index is 9.58. The molecule has 0 bridgehead atoms. The fourth-order valence-electron chi connectivity index (χ4n) is 5.06. The molecule has 0 saturated carbocycles. The molecule has 8 heteroatoms. The van der Waals surface area contributed by atoms with Crippen molar-refractivity contribution in [3.63, 3.8) is 0 Å². The van der Waals surface area contributed by atoms with Gasteiger partial charge in [-0.1, -0.05) is 115 Å². The summed E-state index contributed by atoms with van der Waals surface area (Å²) in [6, 6.07) is 60.1. The molecule has 8 aromatic rings. The Hall–Kier alpha value is -7.84. The average Bonchev–Trinajstić information content (AvgIpc) is 3.22. The molecule has 8 rings (SSSR count). The first-order chi connectivity index (χ1) is 27.3. The smallest absolute Gasteiger partial charge is 0.169 e. The van der Waals surface area contributed by atoms with Crippen LogP contribution in [0.1, 0.15) is 0 Å². The molecule has 0 heterocycles. The van der Waals surface area contributed by atoms with Crippen molar-refractivity contribution in [3.8, 4) is 79.7 Å². The maximum Gasteiger partial charge on any atom is 0.169 e. The second-order valence-electron chi connectivity index (χ2n) is 11.9. The molecule has 0 amide bonds. The van der Waals surface area contributed by atoms with Crippen LogP contribution in [0.4, 0.5) is 0 Å². The van der Waals surface area contributed by atoms with Crippen LogP contribution in [-0.4, -0.2) is 30.6 Å². The molecule has 0 aliphatic carbocycles. The highest BCUT2D eigenvalue weighted by atomic mass is 16.5. The molecule has 8 aromatic carbocycles. The molecule has 56 heavy (non-hydrogen) atoms. The van der Waals surface area contributed by atoms with Crippen LogP contribution in [0.5, 0.6) is 57.5 Å². The molecule has 0 aliphatic heterocycles. The van der Waals surface area contributed by atoms with Gasteiger partial charge in [-0.05, 0) is 96.6 Å². The van der Waals surface area contributed by atoms with E-state index in [2.05, 4.69) is 0 Å². The molecule has 0 spiro atoms. The number of hydrogen-bond donors (Lipinski definition) is 6. The van der Waals surface area contributed by atoms with Crippen molar-refractivity contribution in [2.45, 2.75) is 0 Å². The van der Waals surface area contributed by atoms with Crippen molar-refractivity contribution < 1.29 is 40.1 Å². The molecule has 0 saturated heterocycles. The number of aromatic hydroxyl groups is 6. The second kappa shape index (κ2) is 20.4. The van der Waals surface area contributed by atoms with Crippen LogP contribution >= 0.6 is 0 Å². The lowest BCUT2D eigenvalue weighted by Crippen LogP contribution is -1.83. The minimum atomic E-state index is 0.149. The summed E-state index contributed by atoms with van der Waals surface area (Å²) >= 11 is 0. The molecule has 8 nitrogen and oxygen atoms in total. The maximum atomic E-state index is 9.58. The summed E-state index contributed by atoms with van der Waals surface area (Å²) in [5.41, 5.74) is 2.95. The van der Waals surface area contributed by atoms with Crippen molar-refractivity contribution in [2.24, 2.45) is 0 Å². The normalized spacial score (nSPS) is 9.86. The lowest BCUT2D eigenvalue weighted by molar-refractivity contribution is 0.411. The molecule has 280 valence electrons. The van der Waals surface area contributed by atoms with Gasteiger partial charge in [0.15, 0.2) is 11.5 Å². The Kier molecular flexibility index (Phi) is 14.4. The Morgan fingerprint density at radius 1 is 0.250 bits per heavy atom. The van der Waals surface area contributed by atoms with Gasteiger partial charge in [0, 0.05) is 16.7 Å². The van der Waals surface area contributed by atoms with Crippen molar-refractivity contribution in [1.82, 2.24) is 0 Å². The number of rotatable bonds is 6. The van der Waals surface area contributed by atoms with Crippen LogP contribution in [0.2, 0.25) is 0 Å². The Morgan fingerprint density at radius 2 is 0.589 bits per heavy atom. The molecular weight excluding hydrogens is 705 g/mol. The summed E-state index contributed by atoms with van der Waals surface area (Å²) < 4.78 is 11.0. The number of phenols is 6. The van der Waals surface area contributed by atoms with Crippen molar-refractivity contribution in [3.05, 3.63) is 206 Å². The van der Waals surface area contributed by atoms with Gasteiger partial charge in [-0.2, -0.15) is 0 Å². The van der Waals surface area contributed by atoms with E-state index in [0.29, 0.717) is 28.4 Å². The van der Waals surface area contributed by atoms with E-state index in [0.717, 1.165) is 16.9 Å². The predicted molar refractivity (Wildman–Crippen MR) is 220 cm³/mol. The summed E-state index contributed by atoms with van der Waals surface area (Å²) in [5, 5.41) is 56.3. The summed E-state index contributed by atoms with van der Waals surface area (Å²) in [6.07, 6.45) is 0. The predicted octanol–water partition coefficient (Wildman–Crippen LogP) is 11.9. The second-order valence-corrected chi connectivity index (χ2v) is 11.9. The Bertz CT molecular complexity index is 2320. The van der Waals surface area contributed by atoms with E-state index in [1.165, 1.54) is 0 Å². The number of ether oxygens (including phenoxy) is 2. The topological polar surface area (TPSA) is 140 Å². The van der Waals surface area contributed by atoms with Crippen molar-refractivity contribution >= 4 is 0 Å². The minimum Gasteiger partial charge on any atom is -0.508 e. The zero-order chi connectivity index (χ0) is 39.5. The molecular formula is C48H40O8. The third-order valence-corrected chi connectivity index (χ3v) is 7.83. The van der Waals surface area contributed by atoms with E-state index in [1.807, 2.05) is 91.0 Å². The van der Waals surface area contributed by atoms with E-state index in [9.17, 15) is 20.4 Å². The van der Waals surface area contributed by atoms with Gasteiger partial charge in [0.1, 0.15) is 46.0 Å². The number of benzene rings is 8. The average molecular weight is 745 g/mol. The minimum absolute atomic E-state index is 0.149. The number of phenolic OH excluding ortho intramolecular Hbond substituents is 6. The van der Waals surface area contributed by atoms with Gasteiger partial charge in [0.2, 0.25) is 0 Å². The zero-order valence-corrected chi connectivity index (χ0v) is 30.1. The van der Waals surface area contributed by atoms with Crippen LogP contribution in [0.3, 0.4) is 0 Å². The van der Waals surface area contributed by atoms with Crippen LogP contribution in [0.15, 0.2) is 206 Å². The van der Waals surface area contributed by atoms with E-state index >= 15 is 0 Å².